The van der Waals surface area contributed by atoms with E-state index in [0.29, 0.717) is 6.17 Å². The van der Waals surface area contributed by atoms with Crippen LogP contribution in [-0.4, -0.2) is 35.5 Å². The molecule has 2 atom stereocenters. The highest BCUT2D eigenvalue weighted by Crippen LogP contribution is 2.12. The number of nitrogens with one attached hydrogen (secondary N) is 1. The van der Waals surface area contributed by atoms with E-state index in [1.807, 2.05) is 0 Å². The van der Waals surface area contributed by atoms with Crippen molar-refractivity contribution in [3.63, 3.8) is 0 Å². The molecule has 1 saturated heterocycles. The average molecular weight is 186 g/mol. The Kier molecular flexibility index (Phi) is 4.70. The van der Waals surface area contributed by atoms with E-state index < -0.39 is 6.23 Å². The van der Waals surface area contributed by atoms with Crippen LogP contribution in [0.4, 0.5) is 0 Å². The Balaban J connectivity index is 2.34. The van der Waals surface area contributed by atoms with E-state index in [1.165, 1.54) is 32.4 Å². The van der Waals surface area contributed by atoms with Crippen molar-refractivity contribution >= 4 is 0 Å². The number of aliphatic hydroxyl groups excluding tert-OH is 1. The second-order valence-corrected chi connectivity index (χ2v) is 3.86. The number of rotatable bonds is 4. The van der Waals surface area contributed by atoms with E-state index in [0.717, 1.165) is 6.42 Å². The van der Waals surface area contributed by atoms with Gasteiger partial charge in [-0.05, 0) is 39.3 Å². The molecule has 1 heterocycles. The van der Waals surface area contributed by atoms with E-state index in [1.54, 1.807) is 6.92 Å². The quantitative estimate of drug-likeness (QED) is 0.646. The molecule has 0 saturated carbocycles. The molecule has 2 unspecified atom stereocenters. The summed E-state index contributed by atoms with van der Waals surface area (Å²) in [6, 6.07) is 0. The van der Waals surface area contributed by atoms with Crippen LogP contribution in [0.3, 0.4) is 0 Å². The van der Waals surface area contributed by atoms with E-state index in [-0.39, 0.29) is 0 Å². The predicted molar refractivity (Wildman–Crippen MR) is 54.3 cm³/mol. The van der Waals surface area contributed by atoms with E-state index in [2.05, 4.69) is 17.1 Å². The van der Waals surface area contributed by atoms with Crippen LogP contribution in [0, 0.1) is 0 Å². The van der Waals surface area contributed by atoms with Crippen molar-refractivity contribution in [2.75, 3.05) is 13.1 Å². The monoisotopic (exact) mass is 186 g/mol. The topological polar surface area (TPSA) is 35.5 Å². The highest BCUT2D eigenvalue weighted by atomic mass is 16.3. The summed E-state index contributed by atoms with van der Waals surface area (Å²) in [5, 5.41) is 12.4. The van der Waals surface area contributed by atoms with Gasteiger partial charge in [-0.2, -0.15) is 0 Å². The maximum absolute atomic E-state index is 9.25. The Bertz CT molecular complexity index is 133. The van der Waals surface area contributed by atoms with Crippen molar-refractivity contribution in [1.82, 2.24) is 10.2 Å². The van der Waals surface area contributed by atoms with Crippen molar-refractivity contribution in [2.24, 2.45) is 0 Å². The van der Waals surface area contributed by atoms with Crippen LogP contribution in [0.5, 0.6) is 0 Å². The van der Waals surface area contributed by atoms with Crippen molar-refractivity contribution in [2.45, 2.75) is 51.9 Å². The number of hydrogen-bond donors (Lipinski definition) is 2. The van der Waals surface area contributed by atoms with Gasteiger partial charge >= 0.3 is 0 Å². The largest absolute Gasteiger partial charge is 0.379 e. The van der Waals surface area contributed by atoms with Crippen LogP contribution in [0.1, 0.15) is 39.5 Å². The molecule has 0 bridgehead atoms. The third-order valence-corrected chi connectivity index (χ3v) is 2.65. The second kappa shape index (κ2) is 5.58. The zero-order valence-corrected chi connectivity index (χ0v) is 8.79. The molecule has 78 valence electrons. The summed E-state index contributed by atoms with van der Waals surface area (Å²) in [5.41, 5.74) is 0. The van der Waals surface area contributed by atoms with Crippen LogP contribution in [0.15, 0.2) is 0 Å². The number of nitrogens with zero attached hydrogens (tertiary/aromatic N) is 1. The van der Waals surface area contributed by atoms with Gasteiger partial charge in [0, 0.05) is 0 Å². The molecule has 1 rings (SSSR count). The number of likely N-dealkylation sites (tertiary alicyclic amines) is 1. The molecular weight excluding hydrogens is 164 g/mol. The summed E-state index contributed by atoms with van der Waals surface area (Å²) >= 11 is 0. The van der Waals surface area contributed by atoms with Gasteiger partial charge in [-0.25, -0.2) is 0 Å². The Morgan fingerprint density at radius 1 is 1.31 bits per heavy atom. The molecule has 0 aromatic rings. The summed E-state index contributed by atoms with van der Waals surface area (Å²) in [6.07, 6.45) is 5.00. The molecular formula is C10H22N2O. The van der Waals surface area contributed by atoms with Gasteiger partial charge in [0.15, 0.2) is 0 Å². The minimum absolute atomic E-state index is 0.361. The molecule has 3 nitrogen and oxygen atoms in total. The molecule has 0 aromatic carbocycles. The van der Waals surface area contributed by atoms with Crippen molar-refractivity contribution in [3.8, 4) is 0 Å². The van der Waals surface area contributed by atoms with Gasteiger partial charge in [0.1, 0.15) is 6.23 Å². The van der Waals surface area contributed by atoms with Crippen LogP contribution in [-0.2, 0) is 0 Å². The minimum Gasteiger partial charge on any atom is -0.379 e. The number of piperidine rings is 1. The SMILES string of the molecule is CCC(NC(C)O)N1CCCCC1. The maximum Gasteiger partial charge on any atom is 0.103 e. The second-order valence-electron chi connectivity index (χ2n) is 3.86. The zero-order valence-electron chi connectivity index (χ0n) is 8.79. The van der Waals surface area contributed by atoms with Crippen LogP contribution < -0.4 is 5.32 Å². The van der Waals surface area contributed by atoms with Crippen molar-refractivity contribution in [1.29, 1.82) is 0 Å². The van der Waals surface area contributed by atoms with Gasteiger partial charge in [-0.15, -0.1) is 0 Å². The van der Waals surface area contributed by atoms with Gasteiger partial charge in [0.05, 0.1) is 6.17 Å². The van der Waals surface area contributed by atoms with Gasteiger partial charge in [0.2, 0.25) is 0 Å². The van der Waals surface area contributed by atoms with Gasteiger partial charge in [0.25, 0.3) is 0 Å². The number of hydrogen-bond acceptors (Lipinski definition) is 3. The van der Waals surface area contributed by atoms with Crippen molar-refractivity contribution < 1.29 is 5.11 Å². The molecule has 1 fully saturated rings. The molecule has 2 N–H and O–H groups in total. The Hall–Kier alpha value is -0.120. The average Bonchev–Trinajstić information content (AvgIpc) is 2.15. The molecule has 0 radical (unpaired) electrons. The molecule has 0 aliphatic carbocycles. The normalized spacial score (nSPS) is 24.2. The molecule has 0 aromatic heterocycles. The lowest BCUT2D eigenvalue weighted by Gasteiger charge is -2.35. The maximum atomic E-state index is 9.25. The Labute approximate surface area is 81.1 Å². The van der Waals surface area contributed by atoms with E-state index in [4.69, 9.17) is 0 Å². The lowest BCUT2D eigenvalue weighted by Crippen LogP contribution is -2.50. The molecule has 1 aliphatic rings. The highest BCUT2D eigenvalue weighted by Gasteiger charge is 2.19. The number of aliphatic hydroxyl groups is 1. The third-order valence-electron chi connectivity index (χ3n) is 2.65. The molecule has 3 heteroatoms. The fourth-order valence-electron chi connectivity index (χ4n) is 1.99. The first kappa shape index (κ1) is 11.0. The summed E-state index contributed by atoms with van der Waals surface area (Å²) < 4.78 is 0. The molecule has 13 heavy (non-hydrogen) atoms. The Morgan fingerprint density at radius 2 is 1.92 bits per heavy atom. The van der Waals surface area contributed by atoms with Gasteiger partial charge in [-0.1, -0.05) is 13.3 Å². The highest BCUT2D eigenvalue weighted by molar-refractivity contribution is 4.72. The minimum atomic E-state index is -0.396. The van der Waals surface area contributed by atoms with Crippen molar-refractivity contribution in [3.05, 3.63) is 0 Å². The first-order chi connectivity index (χ1) is 6.24. The molecule has 0 spiro atoms. The standard InChI is InChI=1S/C10H22N2O/c1-3-10(11-9(2)13)12-7-5-4-6-8-12/h9-11,13H,3-8H2,1-2H3. The Morgan fingerprint density at radius 3 is 2.38 bits per heavy atom. The summed E-state index contributed by atoms with van der Waals surface area (Å²) in [5.74, 6) is 0. The third kappa shape index (κ3) is 3.63. The van der Waals surface area contributed by atoms with Crippen LogP contribution in [0.25, 0.3) is 0 Å². The summed E-state index contributed by atoms with van der Waals surface area (Å²) in [4.78, 5) is 2.44. The summed E-state index contributed by atoms with van der Waals surface area (Å²) in [6.45, 7) is 6.30. The first-order valence-corrected chi connectivity index (χ1v) is 5.42. The van der Waals surface area contributed by atoms with Gasteiger partial charge < -0.3 is 5.11 Å². The van der Waals surface area contributed by atoms with Crippen LogP contribution >= 0.6 is 0 Å². The predicted octanol–water partition coefficient (Wildman–Crippen LogP) is 1.14. The smallest absolute Gasteiger partial charge is 0.103 e. The van der Waals surface area contributed by atoms with Gasteiger partial charge in [-0.3, -0.25) is 10.2 Å². The fourth-order valence-corrected chi connectivity index (χ4v) is 1.99. The van der Waals surface area contributed by atoms with Crippen LogP contribution in [0.2, 0.25) is 0 Å². The van der Waals surface area contributed by atoms with E-state index >= 15 is 0 Å². The molecule has 0 amide bonds. The van der Waals surface area contributed by atoms with E-state index in [9.17, 15) is 5.11 Å². The first-order valence-electron chi connectivity index (χ1n) is 5.42. The lowest BCUT2D eigenvalue weighted by atomic mass is 10.1. The lowest BCUT2D eigenvalue weighted by molar-refractivity contribution is 0.0630. The molecule has 1 aliphatic heterocycles. The fraction of sp³-hybridized carbons (Fsp3) is 1.00. The summed E-state index contributed by atoms with van der Waals surface area (Å²) in [7, 11) is 0. The zero-order chi connectivity index (χ0) is 9.68.